The maximum atomic E-state index is 12.0. The van der Waals surface area contributed by atoms with Gasteiger partial charge in [-0.1, -0.05) is 19.1 Å². The number of hydrogen-bond acceptors (Lipinski definition) is 5. The van der Waals surface area contributed by atoms with Crippen LogP contribution in [-0.4, -0.2) is 52.5 Å². The van der Waals surface area contributed by atoms with E-state index in [9.17, 15) is 4.79 Å². The van der Waals surface area contributed by atoms with Gasteiger partial charge in [0, 0.05) is 31.7 Å². The molecule has 0 radical (unpaired) electrons. The quantitative estimate of drug-likeness (QED) is 0.537. The Hall–Kier alpha value is -2.57. The summed E-state index contributed by atoms with van der Waals surface area (Å²) in [6, 6.07) is 15.8. The molecular weight excluding hydrogens is 392 g/mol. The molecule has 2 atom stereocenters. The fraction of sp³-hybridized carbons (Fsp3) is 0.480. The number of rotatable bonds is 11. The molecule has 2 N–H and O–H groups in total. The zero-order valence-corrected chi connectivity index (χ0v) is 18.6. The molecule has 1 heterocycles. The summed E-state index contributed by atoms with van der Waals surface area (Å²) in [7, 11) is 1.67. The molecule has 3 rings (SSSR count). The average Bonchev–Trinajstić information content (AvgIpc) is 2.82. The Bertz CT molecular complexity index is 792. The van der Waals surface area contributed by atoms with Crippen molar-refractivity contribution in [1.82, 2.24) is 10.6 Å². The third-order valence-corrected chi connectivity index (χ3v) is 5.59. The van der Waals surface area contributed by atoms with E-state index in [0.29, 0.717) is 43.8 Å². The predicted octanol–water partition coefficient (Wildman–Crippen LogP) is 3.62. The van der Waals surface area contributed by atoms with Crippen LogP contribution in [0.4, 0.5) is 0 Å². The van der Waals surface area contributed by atoms with Gasteiger partial charge < -0.3 is 24.8 Å². The smallest absolute Gasteiger partial charge is 0.251 e. The highest BCUT2D eigenvalue weighted by molar-refractivity contribution is 5.94. The minimum absolute atomic E-state index is 0.0420. The Balaban J connectivity index is 1.55. The van der Waals surface area contributed by atoms with E-state index < -0.39 is 0 Å². The van der Waals surface area contributed by atoms with Gasteiger partial charge in [-0.15, -0.1) is 0 Å². The van der Waals surface area contributed by atoms with Crippen molar-refractivity contribution in [2.45, 2.75) is 25.7 Å². The van der Waals surface area contributed by atoms with E-state index in [0.717, 1.165) is 37.4 Å². The van der Waals surface area contributed by atoms with Crippen LogP contribution in [0.25, 0.3) is 0 Å². The van der Waals surface area contributed by atoms with E-state index in [2.05, 4.69) is 22.8 Å². The molecule has 0 unspecified atom stereocenters. The first kappa shape index (κ1) is 23.1. The third kappa shape index (κ3) is 6.97. The van der Waals surface area contributed by atoms with Crippen molar-refractivity contribution < 1.29 is 19.0 Å². The van der Waals surface area contributed by atoms with Crippen LogP contribution < -0.4 is 20.1 Å². The summed E-state index contributed by atoms with van der Waals surface area (Å²) in [5.74, 6) is 2.43. The first-order valence-corrected chi connectivity index (χ1v) is 11.1. The summed E-state index contributed by atoms with van der Waals surface area (Å²) in [5, 5.41) is 6.38. The van der Waals surface area contributed by atoms with Gasteiger partial charge in [-0.3, -0.25) is 4.79 Å². The molecule has 0 spiro atoms. The third-order valence-electron chi connectivity index (χ3n) is 5.59. The van der Waals surface area contributed by atoms with Gasteiger partial charge in [0.25, 0.3) is 5.91 Å². The number of ether oxygens (including phenoxy) is 3. The lowest BCUT2D eigenvalue weighted by atomic mass is 9.81. The minimum atomic E-state index is -0.0420. The SMILES string of the molecule is CCCNC(=O)c1ccc(OC[C@@H]2CNCC[C@H]2c2ccc(OCCOC)cc2)cc1. The predicted molar refractivity (Wildman–Crippen MR) is 122 cm³/mol. The molecule has 0 aromatic heterocycles. The monoisotopic (exact) mass is 426 g/mol. The minimum Gasteiger partial charge on any atom is -0.493 e. The van der Waals surface area contributed by atoms with Crippen LogP contribution in [0.5, 0.6) is 11.5 Å². The molecule has 2 aromatic rings. The molecule has 0 aliphatic carbocycles. The van der Waals surface area contributed by atoms with Crippen LogP contribution in [0.15, 0.2) is 48.5 Å². The van der Waals surface area contributed by atoms with E-state index in [-0.39, 0.29) is 5.91 Å². The Labute approximate surface area is 185 Å². The average molecular weight is 427 g/mol. The normalized spacial score (nSPS) is 18.4. The van der Waals surface area contributed by atoms with Crippen LogP contribution in [0, 0.1) is 5.92 Å². The Morgan fingerprint density at radius 3 is 2.45 bits per heavy atom. The maximum absolute atomic E-state index is 12.0. The Kier molecular flexibility index (Phi) is 9.18. The highest BCUT2D eigenvalue weighted by Gasteiger charge is 2.27. The van der Waals surface area contributed by atoms with Crippen LogP contribution in [-0.2, 0) is 4.74 Å². The Morgan fingerprint density at radius 1 is 1.03 bits per heavy atom. The lowest BCUT2D eigenvalue weighted by Gasteiger charge is -2.32. The van der Waals surface area contributed by atoms with E-state index in [1.807, 2.05) is 43.3 Å². The van der Waals surface area contributed by atoms with Crippen LogP contribution >= 0.6 is 0 Å². The summed E-state index contributed by atoms with van der Waals surface area (Å²) in [5.41, 5.74) is 1.97. The standard InChI is InChI=1S/C25H34N2O4/c1-3-13-27-25(28)20-6-10-23(11-7-20)31-18-21-17-26-14-12-24(21)19-4-8-22(9-5-19)30-16-15-29-2/h4-11,21,24,26H,3,12-18H2,1-2H3,(H,27,28)/t21-,24-/m0/s1. The lowest BCUT2D eigenvalue weighted by molar-refractivity contribution is 0.0953. The summed E-state index contributed by atoms with van der Waals surface area (Å²) in [6.45, 7) is 6.43. The highest BCUT2D eigenvalue weighted by atomic mass is 16.5. The van der Waals surface area contributed by atoms with Crippen LogP contribution in [0.2, 0.25) is 0 Å². The second-order valence-electron chi connectivity index (χ2n) is 7.86. The first-order chi connectivity index (χ1) is 15.2. The number of carbonyl (C=O) groups is 1. The van der Waals surface area contributed by atoms with Crippen LogP contribution in [0.1, 0.15) is 41.6 Å². The number of carbonyl (C=O) groups excluding carboxylic acids is 1. The summed E-state index contributed by atoms with van der Waals surface area (Å²) in [4.78, 5) is 12.0. The molecule has 1 amide bonds. The maximum Gasteiger partial charge on any atom is 0.251 e. The molecule has 0 saturated carbocycles. The highest BCUT2D eigenvalue weighted by Crippen LogP contribution is 2.32. The number of hydrogen-bond donors (Lipinski definition) is 2. The van der Waals surface area contributed by atoms with Crippen molar-refractivity contribution >= 4 is 5.91 Å². The lowest BCUT2D eigenvalue weighted by Crippen LogP contribution is -2.38. The van der Waals surface area contributed by atoms with Crippen molar-refractivity contribution in [3.05, 3.63) is 59.7 Å². The van der Waals surface area contributed by atoms with Gasteiger partial charge in [0.05, 0.1) is 13.2 Å². The first-order valence-electron chi connectivity index (χ1n) is 11.1. The van der Waals surface area contributed by atoms with Gasteiger partial charge in [0.2, 0.25) is 0 Å². The van der Waals surface area contributed by atoms with Gasteiger partial charge in [-0.2, -0.15) is 0 Å². The van der Waals surface area contributed by atoms with Crippen molar-refractivity contribution in [3.8, 4) is 11.5 Å². The molecule has 1 fully saturated rings. The molecule has 6 heteroatoms. The molecule has 31 heavy (non-hydrogen) atoms. The Morgan fingerprint density at radius 2 is 1.74 bits per heavy atom. The van der Waals surface area contributed by atoms with Gasteiger partial charge in [0.15, 0.2) is 0 Å². The molecule has 1 aliphatic rings. The topological polar surface area (TPSA) is 68.8 Å². The number of amides is 1. The zero-order chi connectivity index (χ0) is 21.9. The summed E-state index contributed by atoms with van der Waals surface area (Å²) >= 11 is 0. The number of benzene rings is 2. The van der Waals surface area contributed by atoms with Crippen molar-refractivity contribution in [1.29, 1.82) is 0 Å². The molecule has 2 aromatic carbocycles. The number of nitrogens with one attached hydrogen (secondary N) is 2. The molecular formula is C25H34N2O4. The fourth-order valence-corrected chi connectivity index (χ4v) is 3.84. The molecule has 168 valence electrons. The molecule has 1 saturated heterocycles. The van der Waals surface area contributed by atoms with Gasteiger partial charge in [0.1, 0.15) is 18.1 Å². The second-order valence-corrected chi connectivity index (χ2v) is 7.86. The van der Waals surface area contributed by atoms with E-state index in [1.165, 1.54) is 5.56 Å². The van der Waals surface area contributed by atoms with Crippen molar-refractivity contribution in [2.75, 3.05) is 46.6 Å². The van der Waals surface area contributed by atoms with Crippen molar-refractivity contribution in [3.63, 3.8) is 0 Å². The van der Waals surface area contributed by atoms with Gasteiger partial charge >= 0.3 is 0 Å². The van der Waals surface area contributed by atoms with Gasteiger partial charge in [-0.05, 0) is 67.3 Å². The van der Waals surface area contributed by atoms with E-state index >= 15 is 0 Å². The number of piperidine rings is 1. The van der Waals surface area contributed by atoms with Crippen molar-refractivity contribution in [2.24, 2.45) is 5.92 Å². The van der Waals surface area contributed by atoms with Crippen LogP contribution in [0.3, 0.4) is 0 Å². The largest absolute Gasteiger partial charge is 0.493 e. The summed E-state index contributed by atoms with van der Waals surface area (Å²) in [6.07, 6.45) is 2.00. The molecule has 1 aliphatic heterocycles. The summed E-state index contributed by atoms with van der Waals surface area (Å²) < 4.78 is 16.8. The molecule has 0 bridgehead atoms. The molecule has 6 nitrogen and oxygen atoms in total. The van der Waals surface area contributed by atoms with E-state index in [4.69, 9.17) is 14.2 Å². The number of methoxy groups -OCH3 is 1. The second kappa shape index (κ2) is 12.3. The van der Waals surface area contributed by atoms with Gasteiger partial charge in [-0.25, -0.2) is 0 Å². The van der Waals surface area contributed by atoms with E-state index in [1.54, 1.807) is 7.11 Å². The zero-order valence-electron chi connectivity index (χ0n) is 18.6. The fourth-order valence-electron chi connectivity index (χ4n) is 3.84.